The van der Waals surface area contributed by atoms with Gasteiger partial charge in [0.1, 0.15) is 0 Å². The summed E-state index contributed by atoms with van der Waals surface area (Å²) in [6, 6.07) is 12.9. The van der Waals surface area contributed by atoms with Crippen LogP contribution in [0.15, 0.2) is 42.5 Å². The molecule has 2 N–H and O–H groups in total. The topological polar surface area (TPSA) is 89.7 Å². The number of ether oxygens (including phenoxy) is 1. The zero-order chi connectivity index (χ0) is 17.8. The van der Waals surface area contributed by atoms with Crippen LogP contribution in [-0.4, -0.2) is 42.4 Å². The molecule has 6 heteroatoms. The molecule has 130 valence electrons. The van der Waals surface area contributed by atoms with Crippen LogP contribution in [0, 0.1) is 5.92 Å². The summed E-state index contributed by atoms with van der Waals surface area (Å²) in [5.74, 6) is -1.56. The van der Waals surface area contributed by atoms with Gasteiger partial charge in [-0.25, -0.2) is 4.79 Å². The van der Waals surface area contributed by atoms with E-state index < -0.39 is 11.9 Å². The van der Waals surface area contributed by atoms with Crippen molar-refractivity contribution in [3.8, 4) is 0 Å². The number of carbonyl (C=O) groups excluding carboxylic acids is 3. The second-order valence-electron chi connectivity index (χ2n) is 6.18. The predicted octanol–water partition coefficient (Wildman–Crippen LogP) is 1.72. The lowest BCUT2D eigenvalue weighted by atomic mass is 9.97. The van der Waals surface area contributed by atoms with Crippen LogP contribution in [0.3, 0.4) is 0 Å². The lowest BCUT2D eigenvalue weighted by Gasteiger charge is -2.31. The molecule has 6 nitrogen and oxygen atoms in total. The number of esters is 1. The monoisotopic (exact) mass is 340 g/mol. The standard InChI is InChI=1S/C19H20N2O4/c20-18(23)14-7-4-10-21(11-14)17(22)12-25-19(24)16-9-3-6-13-5-1-2-8-15(13)16/h1-3,5-6,8-9,14H,4,7,10-12H2,(H2,20,23)/t14-/m0/s1. The molecule has 1 aliphatic heterocycles. The summed E-state index contributed by atoms with van der Waals surface area (Å²) in [6.07, 6.45) is 1.41. The van der Waals surface area contributed by atoms with Crippen LogP contribution in [0.25, 0.3) is 10.8 Å². The van der Waals surface area contributed by atoms with Crippen LogP contribution in [0.5, 0.6) is 0 Å². The Morgan fingerprint density at radius 3 is 2.68 bits per heavy atom. The third-order valence-electron chi connectivity index (χ3n) is 4.51. The van der Waals surface area contributed by atoms with E-state index in [0.29, 0.717) is 25.1 Å². The summed E-state index contributed by atoms with van der Waals surface area (Å²) in [5, 5.41) is 1.72. The van der Waals surface area contributed by atoms with E-state index in [1.165, 1.54) is 4.90 Å². The van der Waals surface area contributed by atoms with Gasteiger partial charge in [0.2, 0.25) is 5.91 Å². The molecule has 0 unspecified atom stereocenters. The fraction of sp³-hybridized carbons (Fsp3) is 0.316. The molecule has 0 aliphatic carbocycles. The van der Waals surface area contributed by atoms with E-state index in [4.69, 9.17) is 10.5 Å². The predicted molar refractivity (Wildman–Crippen MR) is 92.7 cm³/mol. The highest BCUT2D eigenvalue weighted by molar-refractivity contribution is 6.04. The Bertz CT molecular complexity index is 813. The number of nitrogens with zero attached hydrogens (tertiary/aromatic N) is 1. The minimum Gasteiger partial charge on any atom is -0.452 e. The maximum Gasteiger partial charge on any atom is 0.339 e. The Morgan fingerprint density at radius 2 is 1.88 bits per heavy atom. The van der Waals surface area contributed by atoms with Crippen molar-refractivity contribution in [1.29, 1.82) is 0 Å². The van der Waals surface area contributed by atoms with Crippen molar-refractivity contribution < 1.29 is 19.1 Å². The van der Waals surface area contributed by atoms with Crippen LogP contribution in [0.2, 0.25) is 0 Å². The number of hydrogen-bond acceptors (Lipinski definition) is 4. The molecule has 0 spiro atoms. The van der Waals surface area contributed by atoms with Crippen LogP contribution in [0.4, 0.5) is 0 Å². The van der Waals surface area contributed by atoms with Crippen molar-refractivity contribution in [3.05, 3.63) is 48.0 Å². The number of piperidine rings is 1. The number of primary amides is 1. The molecule has 25 heavy (non-hydrogen) atoms. The summed E-state index contributed by atoms with van der Waals surface area (Å²) in [7, 11) is 0. The summed E-state index contributed by atoms with van der Waals surface area (Å²) < 4.78 is 5.20. The minimum atomic E-state index is -0.534. The summed E-state index contributed by atoms with van der Waals surface area (Å²) in [4.78, 5) is 37.4. The van der Waals surface area contributed by atoms with Gasteiger partial charge in [0, 0.05) is 13.1 Å². The number of benzene rings is 2. The number of hydrogen-bond donors (Lipinski definition) is 1. The van der Waals surface area contributed by atoms with E-state index in [1.807, 2.05) is 30.3 Å². The van der Waals surface area contributed by atoms with Gasteiger partial charge in [-0.15, -0.1) is 0 Å². The van der Waals surface area contributed by atoms with E-state index in [1.54, 1.807) is 12.1 Å². The number of rotatable bonds is 4. The molecule has 1 atom stereocenters. The maximum absolute atomic E-state index is 12.4. The van der Waals surface area contributed by atoms with Crippen LogP contribution >= 0.6 is 0 Å². The van der Waals surface area contributed by atoms with Gasteiger partial charge in [-0.2, -0.15) is 0 Å². The van der Waals surface area contributed by atoms with Gasteiger partial charge in [0.05, 0.1) is 11.5 Å². The highest BCUT2D eigenvalue weighted by atomic mass is 16.5. The SMILES string of the molecule is NC(=O)[C@H]1CCCN(C(=O)COC(=O)c2cccc3ccccc23)C1. The summed E-state index contributed by atoms with van der Waals surface area (Å²) >= 11 is 0. The highest BCUT2D eigenvalue weighted by Crippen LogP contribution is 2.20. The minimum absolute atomic E-state index is 0.292. The molecular weight excluding hydrogens is 320 g/mol. The van der Waals surface area contributed by atoms with E-state index in [2.05, 4.69) is 0 Å². The Hall–Kier alpha value is -2.89. The molecule has 0 bridgehead atoms. The molecule has 2 aromatic carbocycles. The van der Waals surface area contributed by atoms with Crippen molar-refractivity contribution in [1.82, 2.24) is 4.90 Å². The summed E-state index contributed by atoms with van der Waals surface area (Å²) in [5.41, 5.74) is 5.75. The van der Waals surface area contributed by atoms with Crippen molar-refractivity contribution in [2.24, 2.45) is 11.7 Å². The average molecular weight is 340 g/mol. The van der Waals surface area contributed by atoms with Gasteiger partial charge < -0.3 is 15.4 Å². The average Bonchev–Trinajstić information content (AvgIpc) is 2.65. The second-order valence-corrected chi connectivity index (χ2v) is 6.18. The third kappa shape index (κ3) is 3.79. The molecule has 1 saturated heterocycles. The normalized spacial score (nSPS) is 17.3. The number of nitrogens with two attached hydrogens (primary N) is 1. The zero-order valence-corrected chi connectivity index (χ0v) is 13.8. The molecular formula is C19H20N2O4. The van der Waals surface area contributed by atoms with Gasteiger partial charge in [0.15, 0.2) is 6.61 Å². The molecule has 2 aromatic rings. The first-order chi connectivity index (χ1) is 12.1. The first-order valence-electron chi connectivity index (χ1n) is 8.28. The second kappa shape index (κ2) is 7.34. The number of carbonyl (C=O) groups is 3. The quantitative estimate of drug-likeness (QED) is 0.858. The Morgan fingerprint density at radius 1 is 1.12 bits per heavy atom. The molecule has 2 amide bonds. The van der Waals surface area contributed by atoms with Crippen molar-refractivity contribution in [2.75, 3.05) is 19.7 Å². The molecule has 0 radical (unpaired) electrons. The molecule has 1 fully saturated rings. The fourth-order valence-corrected chi connectivity index (χ4v) is 3.14. The largest absolute Gasteiger partial charge is 0.452 e. The van der Waals surface area contributed by atoms with Crippen LogP contribution < -0.4 is 5.73 Å². The van der Waals surface area contributed by atoms with Crippen molar-refractivity contribution in [2.45, 2.75) is 12.8 Å². The molecule has 1 aliphatic rings. The zero-order valence-electron chi connectivity index (χ0n) is 13.8. The van der Waals surface area contributed by atoms with Crippen molar-refractivity contribution in [3.63, 3.8) is 0 Å². The van der Waals surface area contributed by atoms with E-state index in [0.717, 1.165) is 17.2 Å². The van der Waals surface area contributed by atoms with Gasteiger partial charge in [0.25, 0.3) is 5.91 Å². The van der Waals surface area contributed by atoms with Gasteiger partial charge in [-0.3, -0.25) is 9.59 Å². The number of fused-ring (bicyclic) bond motifs is 1. The molecule has 1 heterocycles. The summed E-state index contributed by atoms with van der Waals surface area (Å²) in [6.45, 7) is 0.502. The number of amides is 2. The number of likely N-dealkylation sites (tertiary alicyclic amines) is 1. The maximum atomic E-state index is 12.4. The lowest BCUT2D eigenvalue weighted by molar-refractivity contribution is -0.137. The first-order valence-corrected chi connectivity index (χ1v) is 8.28. The molecule has 0 saturated carbocycles. The third-order valence-corrected chi connectivity index (χ3v) is 4.51. The molecule has 3 rings (SSSR count). The molecule has 0 aromatic heterocycles. The van der Waals surface area contributed by atoms with Crippen molar-refractivity contribution >= 4 is 28.6 Å². The van der Waals surface area contributed by atoms with Gasteiger partial charge in [-0.1, -0.05) is 36.4 Å². The lowest BCUT2D eigenvalue weighted by Crippen LogP contribution is -2.45. The van der Waals surface area contributed by atoms with Crippen LogP contribution in [0.1, 0.15) is 23.2 Å². The van der Waals surface area contributed by atoms with E-state index >= 15 is 0 Å². The van der Waals surface area contributed by atoms with E-state index in [-0.39, 0.29) is 18.4 Å². The van der Waals surface area contributed by atoms with Gasteiger partial charge in [-0.05, 0) is 29.7 Å². The Balaban J connectivity index is 1.63. The van der Waals surface area contributed by atoms with Gasteiger partial charge >= 0.3 is 5.97 Å². The highest BCUT2D eigenvalue weighted by Gasteiger charge is 2.27. The first kappa shape index (κ1) is 17.0. The fourth-order valence-electron chi connectivity index (χ4n) is 3.14. The Kier molecular flexibility index (Phi) is 4.97. The Labute approximate surface area is 145 Å². The van der Waals surface area contributed by atoms with Crippen LogP contribution in [-0.2, 0) is 14.3 Å². The van der Waals surface area contributed by atoms with E-state index in [9.17, 15) is 14.4 Å². The smallest absolute Gasteiger partial charge is 0.339 e.